The lowest BCUT2D eigenvalue weighted by atomic mass is 9.92. The predicted octanol–water partition coefficient (Wildman–Crippen LogP) is 0.939. The summed E-state index contributed by atoms with van der Waals surface area (Å²) in [7, 11) is 0. The molecule has 1 aromatic heterocycles. The molecule has 104 valence electrons. The van der Waals surface area contributed by atoms with E-state index in [-0.39, 0.29) is 11.8 Å². The Bertz CT molecular complexity index is 475. The van der Waals surface area contributed by atoms with Gasteiger partial charge in [-0.05, 0) is 32.8 Å². The zero-order valence-electron chi connectivity index (χ0n) is 11.6. The molecule has 2 rings (SSSR count). The van der Waals surface area contributed by atoms with Crippen LogP contribution in [0, 0.1) is 12.8 Å². The Labute approximate surface area is 114 Å². The summed E-state index contributed by atoms with van der Waals surface area (Å²) in [5.74, 6) is 0.587. The molecule has 0 radical (unpaired) electrons. The zero-order chi connectivity index (χ0) is 14.0. The van der Waals surface area contributed by atoms with E-state index in [1.807, 2.05) is 19.1 Å². The highest BCUT2D eigenvalue weighted by atomic mass is 16.1. The third kappa shape index (κ3) is 2.87. The van der Waals surface area contributed by atoms with Gasteiger partial charge in [0.1, 0.15) is 5.82 Å². The molecule has 1 aliphatic heterocycles. The van der Waals surface area contributed by atoms with Crippen molar-refractivity contribution < 1.29 is 4.79 Å². The average molecular weight is 262 g/mol. The lowest BCUT2D eigenvalue weighted by Crippen LogP contribution is -2.46. The van der Waals surface area contributed by atoms with Crippen molar-refractivity contribution in [3.63, 3.8) is 0 Å². The predicted molar refractivity (Wildman–Crippen MR) is 75.6 cm³/mol. The van der Waals surface area contributed by atoms with Gasteiger partial charge in [-0.1, -0.05) is 6.07 Å². The lowest BCUT2D eigenvalue weighted by Gasteiger charge is -2.38. The van der Waals surface area contributed by atoms with E-state index in [2.05, 4.69) is 16.8 Å². The summed E-state index contributed by atoms with van der Waals surface area (Å²) >= 11 is 0. The van der Waals surface area contributed by atoms with Crippen LogP contribution in [0.2, 0.25) is 0 Å². The summed E-state index contributed by atoms with van der Waals surface area (Å²) in [6.07, 6.45) is 1.81. The smallest absolute Gasteiger partial charge is 0.222 e. The summed E-state index contributed by atoms with van der Waals surface area (Å²) in [5, 5.41) is 0. The molecule has 5 heteroatoms. The number of hydrogen-bond donors (Lipinski definition) is 2. The van der Waals surface area contributed by atoms with E-state index in [1.165, 1.54) is 0 Å². The first-order valence-corrected chi connectivity index (χ1v) is 6.75. The van der Waals surface area contributed by atoms with Crippen LogP contribution in [0.1, 0.15) is 31.0 Å². The molecule has 1 fully saturated rings. The molecule has 0 aromatic carbocycles. The van der Waals surface area contributed by atoms with Crippen LogP contribution < -0.4 is 16.4 Å². The molecule has 2 heterocycles. The van der Waals surface area contributed by atoms with Gasteiger partial charge >= 0.3 is 0 Å². The number of pyridine rings is 1. The number of amides is 1. The van der Waals surface area contributed by atoms with Crippen molar-refractivity contribution in [1.29, 1.82) is 0 Å². The van der Waals surface area contributed by atoms with Crippen molar-refractivity contribution >= 4 is 11.7 Å². The minimum Gasteiger partial charge on any atom is -0.369 e. The molecular weight excluding hydrogens is 240 g/mol. The van der Waals surface area contributed by atoms with E-state index in [0.29, 0.717) is 19.1 Å². The maximum atomic E-state index is 11.4. The lowest BCUT2D eigenvalue weighted by molar-refractivity contribution is -0.122. The van der Waals surface area contributed by atoms with Crippen LogP contribution in [0.15, 0.2) is 12.1 Å². The van der Waals surface area contributed by atoms with Gasteiger partial charge in [-0.3, -0.25) is 4.79 Å². The molecule has 2 unspecified atom stereocenters. The topological polar surface area (TPSA) is 85.2 Å². The van der Waals surface area contributed by atoms with Crippen LogP contribution in [0.25, 0.3) is 0 Å². The van der Waals surface area contributed by atoms with Crippen molar-refractivity contribution in [2.24, 2.45) is 17.4 Å². The normalized spacial score (nSPS) is 23.4. The number of primary amides is 1. The quantitative estimate of drug-likeness (QED) is 0.849. The van der Waals surface area contributed by atoms with Crippen molar-refractivity contribution in [3.05, 3.63) is 23.4 Å². The maximum Gasteiger partial charge on any atom is 0.222 e. The molecule has 0 bridgehead atoms. The van der Waals surface area contributed by atoms with E-state index in [1.54, 1.807) is 0 Å². The van der Waals surface area contributed by atoms with Gasteiger partial charge in [-0.2, -0.15) is 0 Å². The number of carbonyl (C=O) groups is 1. The highest BCUT2D eigenvalue weighted by Crippen LogP contribution is 2.28. The number of anilines is 1. The first kappa shape index (κ1) is 13.8. The fourth-order valence-electron chi connectivity index (χ4n) is 2.61. The Balaban J connectivity index is 2.32. The zero-order valence-corrected chi connectivity index (χ0v) is 11.6. The van der Waals surface area contributed by atoms with Gasteiger partial charge in [-0.15, -0.1) is 0 Å². The van der Waals surface area contributed by atoms with Gasteiger partial charge in [0, 0.05) is 30.4 Å². The van der Waals surface area contributed by atoms with Crippen LogP contribution >= 0.6 is 0 Å². The Hall–Kier alpha value is -1.62. The number of piperidine rings is 1. The van der Waals surface area contributed by atoms with Crippen LogP contribution in [0.3, 0.4) is 0 Å². The van der Waals surface area contributed by atoms with Crippen molar-refractivity contribution in [3.8, 4) is 0 Å². The second-order valence-corrected chi connectivity index (χ2v) is 5.32. The van der Waals surface area contributed by atoms with E-state index in [9.17, 15) is 4.79 Å². The number of rotatable bonds is 3. The van der Waals surface area contributed by atoms with Crippen LogP contribution in [-0.4, -0.2) is 23.5 Å². The minimum absolute atomic E-state index is 0.0934. The molecule has 1 amide bonds. The highest BCUT2D eigenvalue weighted by Gasteiger charge is 2.30. The van der Waals surface area contributed by atoms with Gasteiger partial charge in [-0.25, -0.2) is 4.98 Å². The maximum absolute atomic E-state index is 11.4. The number of nitrogens with two attached hydrogens (primary N) is 2. The fourth-order valence-corrected chi connectivity index (χ4v) is 2.61. The summed E-state index contributed by atoms with van der Waals surface area (Å²) in [5.41, 5.74) is 13.2. The number of aromatic nitrogens is 1. The van der Waals surface area contributed by atoms with Gasteiger partial charge in [0.15, 0.2) is 0 Å². The number of aryl methyl sites for hydroxylation is 1. The van der Waals surface area contributed by atoms with E-state index in [0.717, 1.165) is 29.9 Å². The summed E-state index contributed by atoms with van der Waals surface area (Å²) in [6, 6.07) is 4.33. The van der Waals surface area contributed by atoms with Gasteiger partial charge in [0.05, 0.1) is 5.92 Å². The monoisotopic (exact) mass is 262 g/mol. The second kappa shape index (κ2) is 5.57. The number of hydrogen-bond acceptors (Lipinski definition) is 4. The van der Waals surface area contributed by atoms with E-state index in [4.69, 9.17) is 11.5 Å². The number of nitrogens with zero attached hydrogens (tertiary/aromatic N) is 2. The first-order chi connectivity index (χ1) is 9.02. The summed E-state index contributed by atoms with van der Waals surface area (Å²) in [6.45, 7) is 5.21. The molecule has 0 spiro atoms. The van der Waals surface area contributed by atoms with E-state index >= 15 is 0 Å². The van der Waals surface area contributed by atoms with Crippen LogP contribution in [0.4, 0.5) is 5.82 Å². The molecule has 19 heavy (non-hydrogen) atoms. The van der Waals surface area contributed by atoms with Crippen LogP contribution in [-0.2, 0) is 11.3 Å². The van der Waals surface area contributed by atoms with Gasteiger partial charge in [0.2, 0.25) is 5.91 Å². The minimum atomic E-state index is -0.223. The molecule has 0 saturated carbocycles. The molecule has 1 aromatic rings. The molecule has 1 saturated heterocycles. The van der Waals surface area contributed by atoms with Gasteiger partial charge in [0.25, 0.3) is 0 Å². The van der Waals surface area contributed by atoms with Crippen molar-refractivity contribution in [2.75, 3.05) is 11.4 Å². The molecule has 0 aliphatic carbocycles. The third-order valence-electron chi connectivity index (χ3n) is 3.87. The standard InChI is InChI=1S/C14H22N4O/c1-9-3-5-11(7-15)14(17-9)18-8-12(13(16)19)6-4-10(18)2/h3,5,10,12H,4,6-8,15H2,1-2H3,(H2,16,19). The Morgan fingerprint density at radius 2 is 2.21 bits per heavy atom. The molecular formula is C14H22N4O. The Kier molecular flexibility index (Phi) is 4.04. The summed E-state index contributed by atoms with van der Waals surface area (Å²) in [4.78, 5) is 18.2. The molecule has 5 nitrogen and oxygen atoms in total. The third-order valence-corrected chi connectivity index (χ3v) is 3.87. The first-order valence-electron chi connectivity index (χ1n) is 6.75. The van der Waals surface area contributed by atoms with Crippen molar-refractivity contribution in [1.82, 2.24) is 4.98 Å². The molecule has 4 N–H and O–H groups in total. The summed E-state index contributed by atoms with van der Waals surface area (Å²) < 4.78 is 0. The SMILES string of the molecule is Cc1ccc(CN)c(N2CC(C(N)=O)CCC2C)n1. The van der Waals surface area contributed by atoms with E-state index < -0.39 is 0 Å². The Morgan fingerprint density at radius 1 is 1.47 bits per heavy atom. The molecule has 1 aliphatic rings. The average Bonchev–Trinajstić information content (AvgIpc) is 2.39. The van der Waals surface area contributed by atoms with Gasteiger partial charge < -0.3 is 16.4 Å². The number of carbonyl (C=O) groups excluding carboxylic acids is 1. The fraction of sp³-hybridized carbons (Fsp3) is 0.571. The van der Waals surface area contributed by atoms with Crippen LogP contribution in [0.5, 0.6) is 0 Å². The second-order valence-electron chi connectivity index (χ2n) is 5.32. The molecule has 2 atom stereocenters. The highest BCUT2D eigenvalue weighted by molar-refractivity contribution is 5.77. The van der Waals surface area contributed by atoms with Crippen molar-refractivity contribution in [2.45, 2.75) is 39.3 Å². The Morgan fingerprint density at radius 3 is 2.84 bits per heavy atom. The largest absolute Gasteiger partial charge is 0.369 e.